The lowest BCUT2D eigenvalue weighted by Gasteiger charge is -2.11. The smallest absolute Gasteiger partial charge is 0.266 e. The van der Waals surface area contributed by atoms with E-state index in [-0.39, 0.29) is 5.56 Å². The van der Waals surface area contributed by atoms with Crippen molar-refractivity contribution in [3.63, 3.8) is 0 Å². The summed E-state index contributed by atoms with van der Waals surface area (Å²) in [4.78, 5) is 13.7. The van der Waals surface area contributed by atoms with Crippen LogP contribution in [0, 0.1) is 5.82 Å². The maximum absolute atomic E-state index is 13.7. The van der Waals surface area contributed by atoms with Crippen LogP contribution < -0.4 is 15.0 Å². The number of methoxy groups -OCH3 is 1. The van der Waals surface area contributed by atoms with E-state index < -0.39 is 26.6 Å². The highest BCUT2D eigenvalue weighted by Gasteiger charge is 2.20. The quantitative estimate of drug-likeness (QED) is 0.631. The summed E-state index contributed by atoms with van der Waals surface area (Å²) >= 11 is 0. The number of carbonyl (C=O) groups is 1. The monoisotopic (exact) mass is 390 g/mol. The first-order valence-corrected chi connectivity index (χ1v) is 9.18. The van der Waals surface area contributed by atoms with Crippen LogP contribution in [0.2, 0.25) is 0 Å². The topological polar surface area (TPSA) is 97.6 Å². The third kappa shape index (κ3) is 4.15. The van der Waals surface area contributed by atoms with Gasteiger partial charge in [-0.25, -0.2) is 12.8 Å². The molecule has 9 heteroatoms. The lowest BCUT2D eigenvalue weighted by Crippen LogP contribution is -2.41. The second-order valence-electron chi connectivity index (χ2n) is 5.42. The van der Waals surface area contributed by atoms with Crippen LogP contribution in [-0.2, 0) is 10.0 Å². The van der Waals surface area contributed by atoms with Crippen molar-refractivity contribution >= 4 is 15.9 Å². The number of sulfonamides is 1. The van der Waals surface area contributed by atoms with Gasteiger partial charge in [-0.15, -0.1) is 4.83 Å². The van der Waals surface area contributed by atoms with Crippen molar-refractivity contribution in [3.8, 4) is 17.1 Å². The Bertz CT molecular complexity index is 1070. The van der Waals surface area contributed by atoms with E-state index in [1.807, 2.05) is 4.83 Å². The van der Waals surface area contributed by atoms with Crippen molar-refractivity contribution in [3.05, 3.63) is 72.2 Å². The molecule has 7 nitrogen and oxygen atoms in total. The molecule has 3 aromatic rings. The molecule has 0 unspecified atom stereocenters. The van der Waals surface area contributed by atoms with Crippen molar-refractivity contribution in [2.24, 2.45) is 0 Å². The number of nitrogens with one attached hydrogen (secondary N) is 2. The molecule has 27 heavy (non-hydrogen) atoms. The van der Waals surface area contributed by atoms with Crippen LogP contribution in [0.15, 0.2) is 70.2 Å². The zero-order chi connectivity index (χ0) is 19.4. The summed E-state index contributed by atoms with van der Waals surface area (Å²) in [5.41, 5.74) is 2.75. The normalized spacial score (nSPS) is 11.2. The largest absolute Gasteiger partial charge is 0.497 e. The average Bonchev–Trinajstić information content (AvgIpc) is 3.21. The molecular formula is C18H15FN2O5S. The molecule has 0 aliphatic carbocycles. The highest BCUT2D eigenvalue weighted by atomic mass is 32.2. The molecule has 2 N–H and O–H groups in total. The summed E-state index contributed by atoms with van der Waals surface area (Å²) in [7, 11) is -2.84. The number of halogens is 1. The number of carbonyl (C=O) groups excluding carboxylic acids is 1. The molecule has 3 rings (SSSR count). The molecule has 0 spiro atoms. The number of hydrazine groups is 1. The SMILES string of the molecule is COc1cc(C(=O)NNS(=O)(=O)c2ccccc2F)cc(-c2ccco2)c1. The molecular weight excluding hydrogens is 375 g/mol. The molecule has 0 saturated carbocycles. The van der Waals surface area contributed by atoms with Crippen molar-refractivity contribution in [1.29, 1.82) is 0 Å². The summed E-state index contributed by atoms with van der Waals surface area (Å²) in [5.74, 6) is -0.789. The van der Waals surface area contributed by atoms with E-state index in [9.17, 15) is 17.6 Å². The Hall–Kier alpha value is -3.17. The predicted octanol–water partition coefficient (Wildman–Crippen LogP) is 2.72. The van der Waals surface area contributed by atoms with Crippen molar-refractivity contribution in [2.75, 3.05) is 7.11 Å². The number of rotatable bonds is 6. The Morgan fingerprint density at radius 2 is 1.89 bits per heavy atom. The predicted molar refractivity (Wildman–Crippen MR) is 94.9 cm³/mol. The van der Waals surface area contributed by atoms with Gasteiger partial charge in [0, 0.05) is 11.1 Å². The Morgan fingerprint density at radius 1 is 1.11 bits per heavy atom. The third-order valence-electron chi connectivity index (χ3n) is 3.64. The average molecular weight is 390 g/mol. The molecule has 140 valence electrons. The summed E-state index contributed by atoms with van der Waals surface area (Å²) in [6.45, 7) is 0. The van der Waals surface area contributed by atoms with Crippen LogP contribution in [0.3, 0.4) is 0 Å². The van der Waals surface area contributed by atoms with E-state index in [4.69, 9.17) is 9.15 Å². The molecule has 1 amide bonds. The van der Waals surface area contributed by atoms with Crippen LogP contribution in [0.1, 0.15) is 10.4 Å². The van der Waals surface area contributed by atoms with E-state index in [0.717, 1.165) is 12.1 Å². The lowest BCUT2D eigenvalue weighted by molar-refractivity contribution is 0.0944. The van der Waals surface area contributed by atoms with Crippen molar-refractivity contribution in [1.82, 2.24) is 10.3 Å². The number of amides is 1. The fraction of sp³-hybridized carbons (Fsp3) is 0.0556. The molecule has 0 aliphatic rings. The van der Waals surface area contributed by atoms with Gasteiger partial charge in [0.25, 0.3) is 15.9 Å². The summed E-state index contributed by atoms with van der Waals surface area (Å²) < 4.78 is 48.5. The zero-order valence-corrected chi connectivity index (χ0v) is 14.9. The van der Waals surface area contributed by atoms with Gasteiger partial charge in [-0.3, -0.25) is 10.2 Å². The summed E-state index contributed by atoms with van der Waals surface area (Å²) in [5, 5.41) is 0. The molecule has 1 heterocycles. The van der Waals surface area contributed by atoms with Crippen LogP contribution >= 0.6 is 0 Å². The summed E-state index contributed by atoms with van der Waals surface area (Å²) in [6, 6.07) is 12.8. The molecule has 0 bridgehead atoms. The number of ether oxygens (including phenoxy) is 1. The first kappa shape index (κ1) is 18.6. The van der Waals surface area contributed by atoms with Crippen LogP contribution in [-0.4, -0.2) is 21.4 Å². The van der Waals surface area contributed by atoms with Gasteiger partial charge in [0.1, 0.15) is 22.2 Å². The fourth-order valence-electron chi connectivity index (χ4n) is 2.34. The standard InChI is InChI=1S/C18H15FN2O5S/c1-25-14-10-12(16-6-4-8-26-16)9-13(11-14)18(22)20-21-27(23,24)17-7-3-2-5-15(17)19/h2-11,21H,1H3,(H,20,22). The Kier molecular flexibility index (Phi) is 5.24. The van der Waals surface area contributed by atoms with Crippen molar-refractivity contribution in [2.45, 2.75) is 4.90 Å². The van der Waals surface area contributed by atoms with Gasteiger partial charge in [-0.1, -0.05) is 12.1 Å². The first-order valence-electron chi connectivity index (χ1n) is 7.70. The van der Waals surface area contributed by atoms with Gasteiger partial charge in [0.15, 0.2) is 0 Å². The van der Waals surface area contributed by atoms with Gasteiger partial charge in [-0.2, -0.15) is 0 Å². The molecule has 0 radical (unpaired) electrons. The molecule has 1 aromatic heterocycles. The zero-order valence-electron chi connectivity index (χ0n) is 14.1. The number of hydrogen-bond acceptors (Lipinski definition) is 5. The van der Waals surface area contributed by atoms with Crippen LogP contribution in [0.5, 0.6) is 5.75 Å². The van der Waals surface area contributed by atoms with E-state index in [0.29, 0.717) is 17.1 Å². The molecule has 0 aliphatic heterocycles. The van der Waals surface area contributed by atoms with Crippen molar-refractivity contribution < 1.29 is 26.8 Å². The Morgan fingerprint density at radius 3 is 2.56 bits per heavy atom. The second-order valence-corrected chi connectivity index (χ2v) is 7.07. The minimum atomic E-state index is -4.27. The Balaban J connectivity index is 1.82. The van der Waals surface area contributed by atoms with Gasteiger partial charge < -0.3 is 9.15 Å². The van der Waals surface area contributed by atoms with Crippen LogP contribution in [0.4, 0.5) is 4.39 Å². The van der Waals surface area contributed by atoms with E-state index >= 15 is 0 Å². The van der Waals surface area contributed by atoms with Gasteiger partial charge in [-0.05, 0) is 42.5 Å². The highest BCUT2D eigenvalue weighted by Crippen LogP contribution is 2.26. The maximum Gasteiger partial charge on any atom is 0.266 e. The van der Waals surface area contributed by atoms with Crippen LogP contribution in [0.25, 0.3) is 11.3 Å². The van der Waals surface area contributed by atoms with Gasteiger partial charge in [0.2, 0.25) is 0 Å². The molecule has 0 atom stereocenters. The van der Waals surface area contributed by atoms with Gasteiger partial charge >= 0.3 is 0 Å². The summed E-state index contributed by atoms with van der Waals surface area (Å²) in [6.07, 6.45) is 1.48. The fourth-order valence-corrected chi connectivity index (χ4v) is 3.26. The Labute approximate surface area is 154 Å². The molecule has 0 fully saturated rings. The third-order valence-corrected chi connectivity index (χ3v) is 4.92. The minimum Gasteiger partial charge on any atom is -0.497 e. The first-order chi connectivity index (χ1) is 12.9. The lowest BCUT2D eigenvalue weighted by atomic mass is 10.1. The second kappa shape index (κ2) is 7.60. The number of hydrogen-bond donors (Lipinski definition) is 2. The maximum atomic E-state index is 13.7. The molecule has 2 aromatic carbocycles. The number of furan rings is 1. The van der Waals surface area contributed by atoms with Gasteiger partial charge in [0.05, 0.1) is 13.4 Å². The van der Waals surface area contributed by atoms with E-state index in [2.05, 4.69) is 5.43 Å². The minimum absolute atomic E-state index is 0.122. The van der Waals surface area contributed by atoms with E-state index in [1.54, 1.807) is 18.2 Å². The highest BCUT2D eigenvalue weighted by molar-refractivity contribution is 7.89. The number of benzene rings is 2. The molecule has 0 saturated heterocycles. The van der Waals surface area contributed by atoms with E-state index in [1.165, 1.54) is 37.6 Å².